The molecule has 2 rings (SSSR count). The Morgan fingerprint density at radius 3 is 2.93 bits per heavy atom. The fourth-order valence-electron chi connectivity index (χ4n) is 2.33. The maximum Gasteiger partial charge on any atom is 0.251 e. The van der Waals surface area contributed by atoms with E-state index >= 15 is 0 Å². The normalized spacial score (nSPS) is 32.5. The molecule has 2 atom stereocenters. The van der Waals surface area contributed by atoms with Gasteiger partial charge in [0.05, 0.1) is 0 Å². The number of likely N-dealkylation sites (tertiary alicyclic amines) is 1. The molecule has 80 valence electrons. The summed E-state index contributed by atoms with van der Waals surface area (Å²) in [6, 6.07) is 0.256. The number of carbonyl (C=O) groups excluding carboxylic acids is 1. The summed E-state index contributed by atoms with van der Waals surface area (Å²) in [5.74, 6) is 0.162. The largest absolute Gasteiger partial charge is 0.368 e. The Labute approximate surface area is 84.4 Å². The summed E-state index contributed by atoms with van der Waals surface area (Å²) in [5.41, 5.74) is 5.63. The number of nitrogens with zero attached hydrogens (tertiary/aromatic N) is 1. The molecule has 4 nitrogen and oxygen atoms in total. The third-order valence-electron chi connectivity index (χ3n) is 3.14. The standard InChI is InChI=1S/C10H18N2O2/c11-7-8-3-1-5-12(8)10(13)9-4-2-6-14-9/h8-9H,1-7,11H2/t8?,9-/m1/s1. The lowest BCUT2D eigenvalue weighted by Gasteiger charge is -2.25. The number of hydrogen-bond acceptors (Lipinski definition) is 3. The molecule has 2 aliphatic heterocycles. The van der Waals surface area contributed by atoms with E-state index in [2.05, 4.69) is 0 Å². The summed E-state index contributed by atoms with van der Waals surface area (Å²) < 4.78 is 5.39. The van der Waals surface area contributed by atoms with Crippen LogP contribution in [0.4, 0.5) is 0 Å². The zero-order valence-corrected chi connectivity index (χ0v) is 8.45. The van der Waals surface area contributed by atoms with Crippen molar-refractivity contribution in [2.45, 2.75) is 37.8 Å². The first-order valence-electron chi connectivity index (χ1n) is 5.45. The molecular formula is C10H18N2O2. The van der Waals surface area contributed by atoms with Crippen molar-refractivity contribution in [3.05, 3.63) is 0 Å². The lowest BCUT2D eigenvalue weighted by Crippen LogP contribution is -2.44. The number of ether oxygens (including phenoxy) is 1. The predicted molar refractivity (Wildman–Crippen MR) is 52.8 cm³/mol. The second-order valence-electron chi connectivity index (χ2n) is 4.07. The molecular weight excluding hydrogens is 180 g/mol. The van der Waals surface area contributed by atoms with Gasteiger partial charge in [0, 0.05) is 25.7 Å². The van der Waals surface area contributed by atoms with Crippen LogP contribution in [0.15, 0.2) is 0 Å². The minimum absolute atomic E-state index is 0.162. The van der Waals surface area contributed by atoms with Crippen LogP contribution in [-0.4, -0.2) is 42.6 Å². The van der Waals surface area contributed by atoms with Crippen LogP contribution in [0, 0.1) is 0 Å². The van der Waals surface area contributed by atoms with Gasteiger partial charge < -0.3 is 15.4 Å². The van der Waals surface area contributed by atoms with E-state index in [0.717, 1.165) is 38.8 Å². The summed E-state index contributed by atoms with van der Waals surface area (Å²) in [4.78, 5) is 13.9. The van der Waals surface area contributed by atoms with Crippen molar-refractivity contribution in [2.24, 2.45) is 5.73 Å². The summed E-state index contributed by atoms with van der Waals surface area (Å²) >= 11 is 0. The topological polar surface area (TPSA) is 55.6 Å². The average Bonchev–Trinajstić information content (AvgIpc) is 2.87. The van der Waals surface area contributed by atoms with Crippen LogP contribution < -0.4 is 5.73 Å². The quantitative estimate of drug-likeness (QED) is 0.685. The summed E-state index contributed by atoms with van der Waals surface area (Å²) in [6.07, 6.45) is 3.85. The van der Waals surface area contributed by atoms with E-state index in [9.17, 15) is 4.79 Å². The Morgan fingerprint density at radius 2 is 2.29 bits per heavy atom. The minimum Gasteiger partial charge on any atom is -0.368 e. The SMILES string of the molecule is NCC1CCCN1C(=O)[C@H]1CCCO1. The van der Waals surface area contributed by atoms with Crippen molar-refractivity contribution < 1.29 is 9.53 Å². The van der Waals surface area contributed by atoms with Crippen molar-refractivity contribution in [1.82, 2.24) is 4.90 Å². The third-order valence-corrected chi connectivity index (χ3v) is 3.14. The lowest BCUT2D eigenvalue weighted by atomic mass is 10.2. The molecule has 4 heteroatoms. The van der Waals surface area contributed by atoms with Crippen LogP contribution in [0.5, 0.6) is 0 Å². The van der Waals surface area contributed by atoms with Crippen molar-refractivity contribution in [1.29, 1.82) is 0 Å². The van der Waals surface area contributed by atoms with Crippen molar-refractivity contribution in [3.8, 4) is 0 Å². The van der Waals surface area contributed by atoms with Gasteiger partial charge in [-0.3, -0.25) is 4.79 Å². The Hall–Kier alpha value is -0.610. The molecule has 2 N–H and O–H groups in total. The van der Waals surface area contributed by atoms with Crippen molar-refractivity contribution in [2.75, 3.05) is 19.7 Å². The summed E-state index contributed by atoms with van der Waals surface area (Å²) in [7, 11) is 0. The molecule has 0 aromatic carbocycles. The molecule has 1 unspecified atom stereocenters. The molecule has 0 radical (unpaired) electrons. The zero-order valence-electron chi connectivity index (χ0n) is 8.45. The Morgan fingerprint density at radius 1 is 1.43 bits per heavy atom. The van der Waals surface area contributed by atoms with Crippen molar-refractivity contribution >= 4 is 5.91 Å². The number of nitrogens with two attached hydrogens (primary N) is 1. The van der Waals surface area contributed by atoms with E-state index < -0.39 is 0 Å². The maximum absolute atomic E-state index is 12.0. The summed E-state index contributed by atoms with van der Waals surface area (Å²) in [5, 5.41) is 0. The van der Waals surface area contributed by atoms with Gasteiger partial charge in [-0.25, -0.2) is 0 Å². The molecule has 0 aromatic rings. The highest BCUT2D eigenvalue weighted by atomic mass is 16.5. The first kappa shape index (κ1) is 9.93. The van der Waals surface area contributed by atoms with E-state index in [1.807, 2.05) is 4.90 Å². The Kier molecular flexibility index (Phi) is 3.03. The smallest absolute Gasteiger partial charge is 0.251 e. The van der Waals surface area contributed by atoms with E-state index in [0.29, 0.717) is 6.54 Å². The molecule has 1 amide bonds. The van der Waals surface area contributed by atoms with Crippen LogP contribution in [0.25, 0.3) is 0 Å². The van der Waals surface area contributed by atoms with Gasteiger partial charge in [0.15, 0.2) is 0 Å². The fourth-order valence-corrected chi connectivity index (χ4v) is 2.33. The Balaban J connectivity index is 1.95. The second-order valence-corrected chi connectivity index (χ2v) is 4.07. The van der Waals surface area contributed by atoms with Gasteiger partial charge in [0.1, 0.15) is 6.10 Å². The molecule has 2 saturated heterocycles. The number of carbonyl (C=O) groups is 1. The highest BCUT2D eigenvalue weighted by Crippen LogP contribution is 2.21. The second kappa shape index (κ2) is 4.28. The maximum atomic E-state index is 12.0. The first-order chi connectivity index (χ1) is 6.83. The third kappa shape index (κ3) is 1.77. The van der Waals surface area contributed by atoms with Crippen LogP contribution in [0.3, 0.4) is 0 Å². The monoisotopic (exact) mass is 198 g/mol. The number of rotatable bonds is 2. The van der Waals surface area contributed by atoms with Gasteiger partial charge in [0.25, 0.3) is 5.91 Å². The van der Waals surface area contributed by atoms with Gasteiger partial charge >= 0.3 is 0 Å². The van der Waals surface area contributed by atoms with Gasteiger partial charge in [-0.1, -0.05) is 0 Å². The molecule has 0 bridgehead atoms. The molecule has 2 heterocycles. The van der Waals surface area contributed by atoms with E-state index in [-0.39, 0.29) is 18.1 Å². The number of hydrogen-bond donors (Lipinski definition) is 1. The van der Waals surface area contributed by atoms with Gasteiger partial charge in [-0.15, -0.1) is 0 Å². The van der Waals surface area contributed by atoms with Crippen molar-refractivity contribution in [3.63, 3.8) is 0 Å². The van der Waals surface area contributed by atoms with E-state index in [1.54, 1.807) is 0 Å². The molecule has 14 heavy (non-hydrogen) atoms. The van der Waals surface area contributed by atoms with Crippen LogP contribution >= 0.6 is 0 Å². The predicted octanol–water partition coefficient (Wildman–Crippen LogP) is 0.115. The van der Waals surface area contributed by atoms with E-state index in [4.69, 9.17) is 10.5 Å². The van der Waals surface area contributed by atoms with Crippen LogP contribution in [-0.2, 0) is 9.53 Å². The highest BCUT2D eigenvalue weighted by Gasteiger charge is 2.34. The summed E-state index contributed by atoms with van der Waals surface area (Å²) in [6.45, 7) is 2.18. The molecule has 0 saturated carbocycles. The Bertz CT molecular complexity index is 214. The molecule has 0 aromatic heterocycles. The fraction of sp³-hybridized carbons (Fsp3) is 0.900. The first-order valence-corrected chi connectivity index (χ1v) is 5.45. The number of amides is 1. The molecule has 0 spiro atoms. The minimum atomic E-state index is -0.179. The molecule has 2 aliphatic rings. The molecule has 2 fully saturated rings. The molecule has 0 aliphatic carbocycles. The highest BCUT2D eigenvalue weighted by molar-refractivity contribution is 5.81. The van der Waals surface area contributed by atoms with Gasteiger partial charge in [0.2, 0.25) is 0 Å². The van der Waals surface area contributed by atoms with Crippen LogP contribution in [0.1, 0.15) is 25.7 Å². The average molecular weight is 198 g/mol. The van der Waals surface area contributed by atoms with E-state index in [1.165, 1.54) is 0 Å². The van der Waals surface area contributed by atoms with Crippen LogP contribution in [0.2, 0.25) is 0 Å². The van der Waals surface area contributed by atoms with Gasteiger partial charge in [-0.05, 0) is 25.7 Å². The van der Waals surface area contributed by atoms with Gasteiger partial charge in [-0.2, -0.15) is 0 Å². The lowest BCUT2D eigenvalue weighted by molar-refractivity contribution is -0.141. The zero-order chi connectivity index (χ0) is 9.97.